The minimum absolute atomic E-state index is 0.148. The number of ether oxygens (including phenoxy) is 2. The molecule has 8 heteroatoms. The van der Waals surface area contributed by atoms with Crippen LogP contribution < -0.4 is 10.1 Å². The molecule has 4 aromatic rings. The number of nitrogens with one attached hydrogen (secondary N) is 1. The first-order chi connectivity index (χ1) is 14.4. The zero-order valence-corrected chi connectivity index (χ0v) is 17.3. The average Bonchev–Trinajstić information content (AvgIpc) is 3.28. The van der Waals surface area contributed by atoms with Crippen LogP contribution in [0.1, 0.15) is 11.1 Å². The lowest BCUT2D eigenvalue weighted by molar-refractivity contribution is 0.155. The van der Waals surface area contributed by atoms with Crippen LogP contribution in [-0.4, -0.2) is 32.5 Å². The number of anilines is 1. The van der Waals surface area contributed by atoms with Gasteiger partial charge in [0.05, 0.1) is 30.2 Å². The second-order valence-corrected chi connectivity index (χ2v) is 7.12. The van der Waals surface area contributed by atoms with E-state index in [1.165, 1.54) is 0 Å². The van der Waals surface area contributed by atoms with Crippen molar-refractivity contribution < 1.29 is 14.3 Å². The van der Waals surface area contributed by atoms with Gasteiger partial charge < -0.3 is 14.0 Å². The first-order valence-corrected chi connectivity index (χ1v) is 9.47. The van der Waals surface area contributed by atoms with E-state index in [-0.39, 0.29) is 6.61 Å². The molecule has 4 rings (SSSR count). The van der Waals surface area contributed by atoms with E-state index in [0.717, 1.165) is 33.5 Å². The van der Waals surface area contributed by atoms with Crippen molar-refractivity contribution in [3.8, 4) is 17.0 Å². The van der Waals surface area contributed by atoms with Crippen LogP contribution in [0, 0.1) is 6.92 Å². The average molecular weight is 405 g/mol. The van der Waals surface area contributed by atoms with Crippen molar-refractivity contribution in [1.82, 2.24) is 19.3 Å². The summed E-state index contributed by atoms with van der Waals surface area (Å²) in [6.45, 7) is 2.15. The zero-order chi connectivity index (χ0) is 21.3. The van der Waals surface area contributed by atoms with Crippen LogP contribution in [0.5, 0.6) is 5.75 Å². The third-order valence-electron chi connectivity index (χ3n) is 4.90. The highest BCUT2D eigenvalue weighted by atomic mass is 16.5. The van der Waals surface area contributed by atoms with Gasteiger partial charge in [0, 0.05) is 25.7 Å². The third-order valence-corrected chi connectivity index (χ3v) is 4.90. The molecule has 30 heavy (non-hydrogen) atoms. The number of amides is 1. The fourth-order valence-corrected chi connectivity index (χ4v) is 3.29. The molecule has 0 aliphatic rings. The summed E-state index contributed by atoms with van der Waals surface area (Å²) in [5, 5.41) is 7.22. The third kappa shape index (κ3) is 3.84. The van der Waals surface area contributed by atoms with Crippen LogP contribution in [-0.2, 0) is 25.4 Å². The zero-order valence-electron chi connectivity index (χ0n) is 17.3. The molecule has 154 valence electrons. The van der Waals surface area contributed by atoms with Gasteiger partial charge in [0.25, 0.3) is 0 Å². The number of aryl methyl sites for hydroxylation is 3. The van der Waals surface area contributed by atoms with E-state index in [9.17, 15) is 4.79 Å². The first-order valence-electron chi connectivity index (χ1n) is 9.47. The summed E-state index contributed by atoms with van der Waals surface area (Å²) < 4.78 is 14.4. The van der Waals surface area contributed by atoms with E-state index in [1.54, 1.807) is 31.2 Å². The topological polar surface area (TPSA) is 83.2 Å². The molecule has 2 aromatic carbocycles. The summed E-state index contributed by atoms with van der Waals surface area (Å²) in [6.07, 6.45) is 1.20. The molecule has 8 nitrogen and oxygen atoms in total. The van der Waals surface area contributed by atoms with Crippen LogP contribution >= 0.6 is 0 Å². The molecular weight excluding hydrogens is 382 g/mol. The molecule has 0 saturated heterocycles. The van der Waals surface area contributed by atoms with Gasteiger partial charge in [-0.25, -0.2) is 9.78 Å². The van der Waals surface area contributed by atoms with Crippen molar-refractivity contribution >= 4 is 22.9 Å². The monoisotopic (exact) mass is 405 g/mol. The minimum Gasteiger partial charge on any atom is -0.496 e. The molecule has 0 bridgehead atoms. The molecule has 0 aliphatic carbocycles. The summed E-state index contributed by atoms with van der Waals surface area (Å²) in [5.41, 5.74) is 5.40. The van der Waals surface area contributed by atoms with Gasteiger partial charge in [-0.15, -0.1) is 0 Å². The fourth-order valence-electron chi connectivity index (χ4n) is 3.29. The lowest BCUT2D eigenvalue weighted by Gasteiger charge is -2.07. The molecule has 2 aromatic heterocycles. The summed E-state index contributed by atoms with van der Waals surface area (Å²) in [5.74, 6) is 1.25. The number of hydrogen-bond acceptors (Lipinski definition) is 5. The number of rotatable bonds is 5. The molecule has 0 radical (unpaired) electrons. The second-order valence-electron chi connectivity index (χ2n) is 7.12. The van der Waals surface area contributed by atoms with E-state index >= 15 is 0 Å². The largest absolute Gasteiger partial charge is 0.496 e. The Bertz CT molecular complexity index is 1220. The van der Waals surface area contributed by atoms with Crippen molar-refractivity contribution in [1.29, 1.82) is 0 Å². The molecule has 0 saturated carbocycles. The maximum absolute atomic E-state index is 12.3. The Hall–Kier alpha value is -3.81. The number of carbonyl (C=O) groups excluding carboxylic acids is 1. The highest BCUT2D eigenvalue weighted by Crippen LogP contribution is 2.31. The standard InChI is InChI=1S/C22H23N5O3/c1-14-5-7-16(20(9-14)29-4)17-11-21(27(3)25-17)24-22(28)30-12-15-6-8-19-18(10-15)23-13-26(19)2/h5-11,13H,12H2,1-4H3,(H,24,28). The Morgan fingerprint density at radius 3 is 2.77 bits per heavy atom. The van der Waals surface area contributed by atoms with Gasteiger partial charge in [0.15, 0.2) is 0 Å². The quantitative estimate of drug-likeness (QED) is 0.542. The van der Waals surface area contributed by atoms with Gasteiger partial charge in [-0.1, -0.05) is 12.1 Å². The van der Waals surface area contributed by atoms with Gasteiger partial charge in [0.2, 0.25) is 0 Å². The highest BCUT2D eigenvalue weighted by molar-refractivity contribution is 5.85. The summed E-state index contributed by atoms with van der Waals surface area (Å²) in [4.78, 5) is 16.6. The van der Waals surface area contributed by atoms with Gasteiger partial charge >= 0.3 is 6.09 Å². The van der Waals surface area contributed by atoms with E-state index in [4.69, 9.17) is 9.47 Å². The van der Waals surface area contributed by atoms with Gasteiger partial charge in [-0.2, -0.15) is 5.10 Å². The Morgan fingerprint density at radius 2 is 1.97 bits per heavy atom. The summed E-state index contributed by atoms with van der Waals surface area (Å²) in [7, 11) is 5.32. The molecule has 0 aliphatic heterocycles. The number of hydrogen-bond donors (Lipinski definition) is 1. The molecule has 2 heterocycles. The molecular formula is C22H23N5O3. The molecule has 0 unspecified atom stereocenters. The maximum atomic E-state index is 12.3. The van der Waals surface area contributed by atoms with Crippen molar-refractivity contribution in [2.45, 2.75) is 13.5 Å². The van der Waals surface area contributed by atoms with Gasteiger partial charge in [0.1, 0.15) is 18.2 Å². The number of nitrogens with zero attached hydrogens (tertiary/aromatic N) is 4. The number of fused-ring (bicyclic) bond motifs is 1. The number of imidazole rings is 1. The van der Waals surface area contributed by atoms with E-state index in [0.29, 0.717) is 11.5 Å². The van der Waals surface area contributed by atoms with E-state index in [2.05, 4.69) is 15.4 Å². The predicted octanol–water partition coefficient (Wildman–Crippen LogP) is 4.04. The van der Waals surface area contributed by atoms with E-state index in [1.807, 2.05) is 54.9 Å². The van der Waals surface area contributed by atoms with Gasteiger partial charge in [-0.05, 0) is 42.3 Å². The number of methoxy groups -OCH3 is 1. The Labute approximate surface area is 174 Å². The Morgan fingerprint density at radius 1 is 1.13 bits per heavy atom. The molecule has 1 N–H and O–H groups in total. The fraction of sp³-hybridized carbons (Fsp3) is 0.227. The first kappa shape index (κ1) is 19.5. The molecule has 0 fully saturated rings. The Balaban J connectivity index is 1.44. The van der Waals surface area contributed by atoms with Crippen LogP contribution in [0.2, 0.25) is 0 Å². The predicted molar refractivity (Wildman–Crippen MR) is 114 cm³/mol. The van der Waals surface area contributed by atoms with Crippen molar-refractivity contribution in [3.05, 3.63) is 59.9 Å². The molecule has 0 atom stereocenters. The Kier molecular flexibility index (Phi) is 5.14. The minimum atomic E-state index is -0.554. The normalized spacial score (nSPS) is 10.9. The van der Waals surface area contributed by atoms with Crippen molar-refractivity contribution in [3.63, 3.8) is 0 Å². The van der Waals surface area contributed by atoms with Gasteiger partial charge in [-0.3, -0.25) is 10.00 Å². The molecule has 1 amide bonds. The van der Waals surface area contributed by atoms with E-state index < -0.39 is 6.09 Å². The lowest BCUT2D eigenvalue weighted by Crippen LogP contribution is -2.15. The maximum Gasteiger partial charge on any atom is 0.413 e. The number of aromatic nitrogens is 4. The summed E-state index contributed by atoms with van der Waals surface area (Å²) in [6, 6.07) is 13.5. The molecule has 0 spiro atoms. The van der Waals surface area contributed by atoms with Crippen LogP contribution in [0.15, 0.2) is 48.8 Å². The van der Waals surface area contributed by atoms with Crippen molar-refractivity contribution in [2.24, 2.45) is 14.1 Å². The second kappa shape index (κ2) is 7.90. The smallest absolute Gasteiger partial charge is 0.413 e. The van der Waals surface area contributed by atoms with Crippen molar-refractivity contribution in [2.75, 3.05) is 12.4 Å². The van der Waals surface area contributed by atoms with Crippen LogP contribution in [0.3, 0.4) is 0 Å². The highest BCUT2D eigenvalue weighted by Gasteiger charge is 2.14. The summed E-state index contributed by atoms with van der Waals surface area (Å²) >= 11 is 0. The number of carbonyl (C=O) groups is 1. The van der Waals surface area contributed by atoms with Crippen LogP contribution in [0.4, 0.5) is 10.6 Å². The lowest BCUT2D eigenvalue weighted by atomic mass is 10.1. The number of benzene rings is 2. The van der Waals surface area contributed by atoms with Crippen LogP contribution in [0.25, 0.3) is 22.3 Å². The SMILES string of the molecule is COc1cc(C)ccc1-c1cc(NC(=O)OCc2ccc3c(c2)ncn3C)n(C)n1.